The van der Waals surface area contributed by atoms with Crippen molar-refractivity contribution in [1.82, 2.24) is 4.90 Å². The summed E-state index contributed by atoms with van der Waals surface area (Å²) in [5.41, 5.74) is 6.34. The van der Waals surface area contributed by atoms with Crippen LogP contribution in [0, 0.1) is 5.92 Å². The lowest BCUT2D eigenvalue weighted by atomic mass is 9.76. The lowest BCUT2D eigenvalue weighted by Crippen LogP contribution is -2.54. The van der Waals surface area contributed by atoms with Crippen molar-refractivity contribution >= 4 is 0 Å². The summed E-state index contributed by atoms with van der Waals surface area (Å²) < 4.78 is 0. The molecule has 0 unspecified atom stereocenters. The molecular weight excluding hydrogens is 184 g/mol. The van der Waals surface area contributed by atoms with Crippen LogP contribution in [0.1, 0.15) is 52.4 Å². The normalized spacial score (nSPS) is 32.2. The molecule has 0 atom stereocenters. The molecule has 15 heavy (non-hydrogen) atoms. The maximum atomic E-state index is 6.01. The first-order valence-corrected chi connectivity index (χ1v) is 6.56. The van der Waals surface area contributed by atoms with Gasteiger partial charge in [0, 0.05) is 12.1 Å². The molecule has 0 heterocycles. The molecule has 1 saturated carbocycles. The van der Waals surface area contributed by atoms with Gasteiger partial charge in [0.25, 0.3) is 0 Å². The van der Waals surface area contributed by atoms with E-state index < -0.39 is 0 Å². The Bertz CT molecular complexity index is 171. The molecule has 0 amide bonds. The van der Waals surface area contributed by atoms with Gasteiger partial charge in [-0.05, 0) is 51.6 Å². The van der Waals surface area contributed by atoms with Crippen molar-refractivity contribution < 1.29 is 0 Å². The standard InChI is InChI=1S/C13H28N2/c1-4-5-10-15(3)13(11-14)8-6-12(2)7-9-13/h12H,4-11,14H2,1-3H3. The predicted molar refractivity (Wildman–Crippen MR) is 67.0 cm³/mol. The zero-order valence-corrected chi connectivity index (χ0v) is 10.8. The van der Waals surface area contributed by atoms with Gasteiger partial charge in [-0.3, -0.25) is 4.90 Å². The Balaban J connectivity index is 2.51. The lowest BCUT2D eigenvalue weighted by molar-refractivity contribution is 0.0668. The monoisotopic (exact) mass is 212 g/mol. The van der Waals surface area contributed by atoms with Crippen LogP contribution < -0.4 is 5.73 Å². The Labute approximate surface area is 95.2 Å². The van der Waals surface area contributed by atoms with E-state index in [1.54, 1.807) is 0 Å². The average Bonchev–Trinajstić information content (AvgIpc) is 2.27. The van der Waals surface area contributed by atoms with Crippen LogP contribution in [-0.4, -0.2) is 30.6 Å². The van der Waals surface area contributed by atoms with Gasteiger partial charge in [0.05, 0.1) is 0 Å². The maximum Gasteiger partial charge on any atom is 0.0328 e. The number of unbranched alkanes of at least 4 members (excludes halogenated alkanes) is 1. The molecule has 1 rings (SSSR count). The molecule has 2 heteroatoms. The summed E-state index contributed by atoms with van der Waals surface area (Å²) in [6, 6.07) is 0. The van der Waals surface area contributed by atoms with Crippen molar-refractivity contribution in [3.05, 3.63) is 0 Å². The fraction of sp³-hybridized carbons (Fsp3) is 1.00. The highest BCUT2D eigenvalue weighted by molar-refractivity contribution is 4.94. The van der Waals surface area contributed by atoms with Crippen molar-refractivity contribution in [2.24, 2.45) is 11.7 Å². The first-order valence-electron chi connectivity index (χ1n) is 6.56. The molecule has 2 nitrogen and oxygen atoms in total. The van der Waals surface area contributed by atoms with Crippen molar-refractivity contribution in [3.8, 4) is 0 Å². The highest BCUT2D eigenvalue weighted by Crippen LogP contribution is 2.35. The van der Waals surface area contributed by atoms with Crippen molar-refractivity contribution in [1.29, 1.82) is 0 Å². The largest absolute Gasteiger partial charge is 0.329 e. The second-order valence-corrected chi connectivity index (χ2v) is 5.39. The minimum absolute atomic E-state index is 0.321. The van der Waals surface area contributed by atoms with Crippen LogP contribution in [0.15, 0.2) is 0 Å². The van der Waals surface area contributed by atoms with Gasteiger partial charge in [0.15, 0.2) is 0 Å². The lowest BCUT2D eigenvalue weighted by Gasteiger charge is -2.45. The van der Waals surface area contributed by atoms with Gasteiger partial charge < -0.3 is 5.73 Å². The zero-order valence-electron chi connectivity index (χ0n) is 10.8. The second kappa shape index (κ2) is 5.86. The molecule has 90 valence electrons. The summed E-state index contributed by atoms with van der Waals surface area (Å²) in [5, 5.41) is 0. The molecule has 0 bridgehead atoms. The van der Waals surface area contributed by atoms with Crippen LogP contribution in [-0.2, 0) is 0 Å². The summed E-state index contributed by atoms with van der Waals surface area (Å²) in [6.07, 6.45) is 7.88. The Morgan fingerprint density at radius 1 is 1.33 bits per heavy atom. The van der Waals surface area contributed by atoms with Gasteiger partial charge in [-0.2, -0.15) is 0 Å². The number of rotatable bonds is 5. The van der Waals surface area contributed by atoms with Gasteiger partial charge in [-0.25, -0.2) is 0 Å². The van der Waals surface area contributed by atoms with Crippen LogP contribution in [0.5, 0.6) is 0 Å². The molecule has 0 radical (unpaired) electrons. The SMILES string of the molecule is CCCCN(C)C1(CN)CCC(C)CC1. The first kappa shape index (κ1) is 13.0. The van der Waals surface area contributed by atoms with Crippen LogP contribution in [0.3, 0.4) is 0 Å². The van der Waals surface area contributed by atoms with Crippen molar-refractivity contribution in [2.45, 2.75) is 57.9 Å². The first-order chi connectivity index (χ1) is 7.14. The van der Waals surface area contributed by atoms with E-state index in [2.05, 4.69) is 25.8 Å². The molecular formula is C13H28N2. The molecule has 0 aliphatic heterocycles. The van der Waals surface area contributed by atoms with Crippen molar-refractivity contribution in [3.63, 3.8) is 0 Å². The van der Waals surface area contributed by atoms with E-state index in [1.807, 2.05) is 0 Å². The molecule has 0 aromatic carbocycles. The molecule has 0 saturated heterocycles. The van der Waals surface area contributed by atoms with Crippen molar-refractivity contribution in [2.75, 3.05) is 20.1 Å². The highest BCUT2D eigenvalue weighted by atomic mass is 15.2. The van der Waals surface area contributed by atoms with Gasteiger partial charge >= 0.3 is 0 Å². The summed E-state index contributed by atoms with van der Waals surface area (Å²) in [7, 11) is 2.26. The van der Waals surface area contributed by atoms with E-state index in [9.17, 15) is 0 Å². The number of likely N-dealkylation sites (N-methyl/N-ethyl adjacent to an activating group) is 1. The van der Waals surface area contributed by atoms with E-state index in [-0.39, 0.29) is 0 Å². The topological polar surface area (TPSA) is 29.3 Å². The molecule has 1 fully saturated rings. The zero-order chi connectivity index (χ0) is 11.3. The summed E-state index contributed by atoms with van der Waals surface area (Å²) >= 11 is 0. The number of nitrogens with zero attached hydrogens (tertiary/aromatic N) is 1. The molecule has 0 aromatic heterocycles. The van der Waals surface area contributed by atoms with E-state index >= 15 is 0 Å². The number of hydrogen-bond acceptors (Lipinski definition) is 2. The third kappa shape index (κ3) is 3.18. The quantitative estimate of drug-likeness (QED) is 0.759. The third-order valence-corrected chi connectivity index (χ3v) is 4.24. The summed E-state index contributed by atoms with van der Waals surface area (Å²) in [6.45, 7) is 6.67. The molecule has 2 N–H and O–H groups in total. The second-order valence-electron chi connectivity index (χ2n) is 5.39. The van der Waals surface area contributed by atoms with Gasteiger partial charge in [0.2, 0.25) is 0 Å². The smallest absolute Gasteiger partial charge is 0.0328 e. The maximum absolute atomic E-state index is 6.01. The minimum Gasteiger partial charge on any atom is -0.329 e. The highest BCUT2D eigenvalue weighted by Gasteiger charge is 2.35. The molecule has 1 aliphatic rings. The molecule has 1 aliphatic carbocycles. The Hall–Kier alpha value is -0.0800. The number of hydrogen-bond donors (Lipinski definition) is 1. The van der Waals surface area contributed by atoms with E-state index in [1.165, 1.54) is 45.1 Å². The summed E-state index contributed by atoms with van der Waals surface area (Å²) in [5.74, 6) is 0.907. The van der Waals surface area contributed by atoms with E-state index in [4.69, 9.17) is 5.73 Å². The molecule has 0 aromatic rings. The van der Waals surface area contributed by atoms with Gasteiger partial charge in [0.1, 0.15) is 0 Å². The average molecular weight is 212 g/mol. The fourth-order valence-corrected chi connectivity index (χ4v) is 2.67. The fourth-order valence-electron chi connectivity index (χ4n) is 2.67. The Kier molecular flexibility index (Phi) is 5.07. The van der Waals surface area contributed by atoms with Crippen LogP contribution in [0.25, 0.3) is 0 Å². The summed E-state index contributed by atoms with van der Waals surface area (Å²) in [4.78, 5) is 2.53. The number of nitrogens with two attached hydrogens (primary N) is 1. The minimum atomic E-state index is 0.321. The van der Waals surface area contributed by atoms with Gasteiger partial charge in [-0.1, -0.05) is 20.3 Å². The van der Waals surface area contributed by atoms with Crippen LogP contribution in [0.4, 0.5) is 0 Å². The Morgan fingerprint density at radius 3 is 2.40 bits per heavy atom. The molecule has 0 spiro atoms. The Morgan fingerprint density at radius 2 is 1.93 bits per heavy atom. The predicted octanol–water partition coefficient (Wildman–Crippen LogP) is 2.63. The van der Waals surface area contributed by atoms with Gasteiger partial charge in [-0.15, -0.1) is 0 Å². The van der Waals surface area contributed by atoms with Crippen LogP contribution >= 0.6 is 0 Å². The van der Waals surface area contributed by atoms with E-state index in [0.29, 0.717) is 5.54 Å². The van der Waals surface area contributed by atoms with E-state index in [0.717, 1.165) is 12.5 Å². The third-order valence-electron chi connectivity index (χ3n) is 4.24. The van der Waals surface area contributed by atoms with Crippen LogP contribution in [0.2, 0.25) is 0 Å².